The van der Waals surface area contributed by atoms with E-state index in [2.05, 4.69) is 67.3 Å². The van der Waals surface area contributed by atoms with Gasteiger partial charge in [-0.15, -0.1) is 11.3 Å². The Labute approximate surface area is 154 Å². The average molecular weight is 403 g/mol. The predicted octanol–water partition coefficient (Wildman–Crippen LogP) is 4.09. The van der Waals surface area contributed by atoms with Crippen LogP contribution in [0.25, 0.3) is 21.3 Å². The number of anilines is 1. The molecule has 1 aliphatic heterocycles. The average Bonchev–Trinajstić information content (AvgIpc) is 3.02. The number of hydrogen-bond donors (Lipinski definition) is 1. The summed E-state index contributed by atoms with van der Waals surface area (Å²) < 4.78 is 1.10. The van der Waals surface area contributed by atoms with Crippen LogP contribution in [0.4, 0.5) is 5.82 Å². The summed E-state index contributed by atoms with van der Waals surface area (Å²) >= 11 is 5.33. The molecule has 0 atom stereocenters. The fourth-order valence-corrected chi connectivity index (χ4v) is 4.61. The van der Waals surface area contributed by atoms with Gasteiger partial charge in [0.15, 0.2) is 0 Å². The molecule has 3 aromatic rings. The number of benzene rings is 1. The van der Waals surface area contributed by atoms with Crippen molar-refractivity contribution < 1.29 is 0 Å². The zero-order valence-corrected chi connectivity index (χ0v) is 16.0. The maximum atomic E-state index is 4.67. The topological polar surface area (TPSA) is 41.1 Å². The molecular formula is C18H19BrN4S. The molecule has 1 fully saturated rings. The molecule has 0 amide bonds. The Kier molecular flexibility index (Phi) is 4.52. The highest BCUT2D eigenvalue weighted by Crippen LogP contribution is 2.42. The van der Waals surface area contributed by atoms with Gasteiger partial charge in [-0.25, -0.2) is 9.97 Å². The highest BCUT2D eigenvalue weighted by Gasteiger charge is 2.22. The Morgan fingerprint density at radius 2 is 1.92 bits per heavy atom. The molecule has 2 aromatic heterocycles. The lowest BCUT2D eigenvalue weighted by atomic mass is 10.0. The SMILES string of the molecule is CCc1sc2ncnc(N3CCNCC3)c2c1-c1ccc(Br)cc1. The summed E-state index contributed by atoms with van der Waals surface area (Å²) in [5.74, 6) is 1.08. The third-order valence-corrected chi connectivity index (χ3v) is 6.18. The molecule has 0 radical (unpaired) electrons. The molecule has 24 heavy (non-hydrogen) atoms. The van der Waals surface area contributed by atoms with E-state index in [4.69, 9.17) is 0 Å². The van der Waals surface area contributed by atoms with Gasteiger partial charge in [-0.2, -0.15) is 0 Å². The fraction of sp³-hybridized carbons (Fsp3) is 0.333. The highest BCUT2D eigenvalue weighted by molar-refractivity contribution is 9.10. The number of thiophene rings is 1. The van der Waals surface area contributed by atoms with Gasteiger partial charge in [0.05, 0.1) is 5.39 Å². The second-order valence-electron chi connectivity index (χ2n) is 5.88. The maximum Gasteiger partial charge on any atom is 0.141 e. The van der Waals surface area contributed by atoms with Crippen molar-refractivity contribution in [3.8, 4) is 11.1 Å². The van der Waals surface area contributed by atoms with Crippen LogP contribution in [-0.2, 0) is 6.42 Å². The molecule has 3 heterocycles. The van der Waals surface area contributed by atoms with E-state index in [0.29, 0.717) is 0 Å². The van der Waals surface area contributed by atoms with Gasteiger partial charge >= 0.3 is 0 Å². The van der Waals surface area contributed by atoms with Crippen molar-refractivity contribution >= 4 is 43.3 Å². The molecule has 0 bridgehead atoms. The normalized spacial score (nSPS) is 15.2. The summed E-state index contributed by atoms with van der Waals surface area (Å²) in [6.07, 6.45) is 2.72. The molecule has 124 valence electrons. The van der Waals surface area contributed by atoms with Gasteiger partial charge in [0, 0.05) is 41.1 Å². The van der Waals surface area contributed by atoms with Crippen LogP contribution in [-0.4, -0.2) is 36.1 Å². The van der Waals surface area contributed by atoms with E-state index in [1.165, 1.54) is 21.4 Å². The zero-order chi connectivity index (χ0) is 16.5. The van der Waals surface area contributed by atoms with Crippen LogP contribution in [0.5, 0.6) is 0 Å². The third-order valence-electron chi connectivity index (χ3n) is 4.41. The molecule has 1 aromatic carbocycles. The van der Waals surface area contributed by atoms with Gasteiger partial charge in [0.2, 0.25) is 0 Å². The highest BCUT2D eigenvalue weighted by atomic mass is 79.9. The molecular weight excluding hydrogens is 384 g/mol. The molecule has 0 aliphatic carbocycles. The van der Waals surface area contributed by atoms with E-state index in [1.54, 1.807) is 17.7 Å². The molecule has 4 rings (SSSR count). The number of halogens is 1. The minimum atomic E-state index is 0.989. The summed E-state index contributed by atoms with van der Waals surface area (Å²) in [5.41, 5.74) is 2.55. The summed E-state index contributed by atoms with van der Waals surface area (Å²) in [6.45, 7) is 6.20. The second-order valence-corrected chi connectivity index (χ2v) is 7.87. The van der Waals surface area contributed by atoms with Crippen molar-refractivity contribution in [3.05, 3.63) is 39.9 Å². The number of nitrogens with zero attached hydrogens (tertiary/aromatic N) is 3. The van der Waals surface area contributed by atoms with Crippen LogP contribution in [0.2, 0.25) is 0 Å². The van der Waals surface area contributed by atoms with Gasteiger partial charge in [0.1, 0.15) is 17.0 Å². The standard InChI is InChI=1S/C18H19BrN4S/c1-2-14-15(12-3-5-13(19)6-4-12)16-17(21-11-22-18(16)24-14)23-9-7-20-8-10-23/h3-6,11,20H,2,7-10H2,1H3. The Bertz CT molecular complexity index is 853. The van der Waals surface area contributed by atoms with E-state index in [-0.39, 0.29) is 0 Å². The van der Waals surface area contributed by atoms with Gasteiger partial charge in [-0.1, -0.05) is 35.0 Å². The van der Waals surface area contributed by atoms with Crippen molar-refractivity contribution in [2.24, 2.45) is 0 Å². The van der Waals surface area contributed by atoms with Crippen LogP contribution in [0.15, 0.2) is 35.1 Å². The van der Waals surface area contributed by atoms with Crippen molar-refractivity contribution in [1.82, 2.24) is 15.3 Å². The van der Waals surface area contributed by atoms with Gasteiger partial charge in [-0.3, -0.25) is 0 Å². The summed E-state index contributed by atoms with van der Waals surface area (Å²) in [5, 5.41) is 4.63. The van der Waals surface area contributed by atoms with E-state index in [1.807, 2.05) is 0 Å². The third kappa shape index (κ3) is 2.83. The lowest BCUT2D eigenvalue weighted by molar-refractivity contribution is 0.586. The van der Waals surface area contributed by atoms with Crippen molar-refractivity contribution in [1.29, 1.82) is 0 Å². The van der Waals surface area contributed by atoms with E-state index in [0.717, 1.165) is 47.7 Å². The molecule has 4 nitrogen and oxygen atoms in total. The maximum absolute atomic E-state index is 4.67. The number of aryl methyl sites for hydroxylation is 1. The predicted molar refractivity (Wildman–Crippen MR) is 105 cm³/mol. The van der Waals surface area contributed by atoms with Crippen LogP contribution >= 0.6 is 27.3 Å². The Hall–Kier alpha value is -1.50. The number of nitrogens with one attached hydrogen (secondary N) is 1. The molecule has 0 saturated carbocycles. The molecule has 1 aliphatic rings. The number of fused-ring (bicyclic) bond motifs is 1. The fourth-order valence-electron chi connectivity index (χ4n) is 3.25. The Morgan fingerprint density at radius 3 is 2.62 bits per heavy atom. The first-order valence-corrected chi connectivity index (χ1v) is 9.87. The number of rotatable bonds is 3. The van der Waals surface area contributed by atoms with Crippen LogP contribution in [0.1, 0.15) is 11.8 Å². The molecule has 0 spiro atoms. The number of hydrogen-bond acceptors (Lipinski definition) is 5. The first-order valence-electron chi connectivity index (χ1n) is 8.26. The molecule has 1 N–H and O–H groups in total. The van der Waals surface area contributed by atoms with Gasteiger partial charge in [0.25, 0.3) is 0 Å². The largest absolute Gasteiger partial charge is 0.353 e. The first kappa shape index (κ1) is 16.0. The molecule has 6 heteroatoms. The zero-order valence-electron chi connectivity index (χ0n) is 13.6. The summed E-state index contributed by atoms with van der Waals surface area (Å²) in [6, 6.07) is 8.57. The summed E-state index contributed by atoms with van der Waals surface area (Å²) in [4.78, 5) is 14.1. The minimum absolute atomic E-state index is 0.989. The second kappa shape index (κ2) is 6.78. The van der Waals surface area contributed by atoms with Crippen molar-refractivity contribution in [2.75, 3.05) is 31.1 Å². The number of aromatic nitrogens is 2. The molecule has 0 unspecified atom stereocenters. The monoisotopic (exact) mass is 402 g/mol. The molecule has 1 saturated heterocycles. The summed E-state index contributed by atoms with van der Waals surface area (Å²) in [7, 11) is 0. The van der Waals surface area contributed by atoms with Gasteiger partial charge < -0.3 is 10.2 Å². The van der Waals surface area contributed by atoms with Crippen LogP contribution in [0, 0.1) is 0 Å². The lowest BCUT2D eigenvalue weighted by Gasteiger charge is -2.29. The van der Waals surface area contributed by atoms with Crippen LogP contribution in [0.3, 0.4) is 0 Å². The van der Waals surface area contributed by atoms with Crippen molar-refractivity contribution in [3.63, 3.8) is 0 Å². The van der Waals surface area contributed by atoms with Crippen LogP contribution < -0.4 is 10.2 Å². The lowest BCUT2D eigenvalue weighted by Crippen LogP contribution is -2.44. The van der Waals surface area contributed by atoms with E-state index >= 15 is 0 Å². The smallest absolute Gasteiger partial charge is 0.141 e. The minimum Gasteiger partial charge on any atom is -0.353 e. The Balaban J connectivity index is 1.94. The van der Waals surface area contributed by atoms with Gasteiger partial charge in [-0.05, 0) is 24.1 Å². The quantitative estimate of drug-likeness (QED) is 0.715. The number of piperazine rings is 1. The first-order chi connectivity index (χ1) is 11.8. The van der Waals surface area contributed by atoms with Crippen molar-refractivity contribution in [2.45, 2.75) is 13.3 Å². The van der Waals surface area contributed by atoms with E-state index < -0.39 is 0 Å². The van der Waals surface area contributed by atoms with E-state index in [9.17, 15) is 0 Å². The Morgan fingerprint density at radius 1 is 1.17 bits per heavy atom.